The Balaban J connectivity index is 0.000000339. The Morgan fingerprint density at radius 1 is 1.06 bits per heavy atom. The fourth-order valence-corrected chi connectivity index (χ4v) is 3.05. The van der Waals surface area contributed by atoms with Crippen LogP contribution in [0.2, 0.25) is 5.02 Å². The molecule has 1 saturated heterocycles. The third kappa shape index (κ3) is 5.80. The maximum absolute atomic E-state index is 12.8. The Morgan fingerprint density at radius 2 is 1.71 bits per heavy atom. The molecule has 166 valence electrons. The van der Waals surface area contributed by atoms with Crippen molar-refractivity contribution in [3.05, 3.63) is 58.6 Å². The van der Waals surface area contributed by atoms with Crippen LogP contribution in [0.15, 0.2) is 42.5 Å². The van der Waals surface area contributed by atoms with Gasteiger partial charge in [-0.2, -0.15) is 13.2 Å². The summed E-state index contributed by atoms with van der Waals surface area (Å²) in [5, 5.41) is 7.81. The highest BCUT2D eigenvalue weighted by molar-refractivity contribution is 6.30. The summed E-state index contributed by atoms with van der Waals surface area (Å²) in [6.45, 7) is 1.78. The Morgan fingerprint density at radius 3 is 2.35 bits per heavy atom. The normalized spacial score (nSPS) is 17.5. The molecule has 1 fully saturated rings. The van der Waals surface area contributed by atoms with E-state index in [0.717, 1.165) is 5.56 Å². The highest BCUT2D eigenvalue weighted by Gasteiger charge is 2.38. The second kappa shape index (κ2) is 9.44. The summed E-state index contributed by atoms with van der Waals surface area (Å²) in [6.07, 6.45) is -5.23. The number of alkyl halides is 3. The molecule has 0 bridgehead atoms. The molecule has 2 aromatic carbocycles. The largest absolute Gasteiger partial charge is 0.490 e. The Kier molecular flexibility index (Phi) is 6.91. The zero-order valence-corrected chi connectivity index (χ0v) is 16.7. The van der Waals surface area contributed by atoms with Crippen molar-refractivity contribution in [2.75, 3.05) is 26.5 Å². The average molecular weight is 460 g/mol. The van der Waals surface area contributed by atoms with Gasteiger partial charge in [-0.3, -0.25) is 4.79 Å². The molecule has 1 N–H and O–H groups in total. The number of carboxylic acid groups (broad SMARTS) is 1. The minimum absolute atomic E-state index is 0.0319. The van der Waals surface area contributed by atoms with Crippen molar-refractivity contribution in [3.8, 4) is 11.5 Å². The number of hydrogen-bond donors (Lipinski definition) is 1. The summed E-state index contributed by atoms with van der Waals surface area (Å²) in [7, 11) is 0. The summed E-state index contributed by atoms with van der Waals surface area (Å²) in [5.74, 6) is -1.50. The standard InChI is InChI=1S/C18H16ClNO4.C2HF3O2/c19-14-4-1-12(2-5-14)17-10-20(7-8-22-17)18(21)13-3-6-15-16(9-13)24-11-23-15;3-2(4,5)1(6)7/h1-6,9,17H,7-8,10-11H2;(H,6,7). The van der Waals surface area contributed by atoms with E-state index in [0.29, 0.717) is 41.8 Å². The lowest BCUT2D eigenvalue weighted by atomic mass is 10.1. The number of carbonyl (C=O) groups excluding carboxylic acids is 1. The Bertz CT molecular complexity index is 951. The number of carbonyl (C=O) groups is 2. The predicted molar refractivity (Wildman–Crippen MR) is 102 cm³/mol. The highest BCUT2D eigenvalue weighted by atomic mass is 35.5. The van der Waals surface area contributed by atoms with Gasteiger partial charge in [0.2, 0.25) is 6.79 Å². The Hall–Kier alpha value is -2.98. The lowest BCUT2D eigenvalue weighted by molar-refractivity contribution is -0.192. The van der Waals surface area contributed by atoms with Crippen molar-refractivity contribution in [3.63, 3.8) is 0 Å². The number of carboxylic acids is 1. The molecule has 0 aliphatic carbocycles. The van der Waals surface area contributed by atoms with E-state index in [1.807, 2.05) is 24.3 Å². The van der Waals surface area contributed by atoms with Gasteiger partial charge in [-0.25, -0.2) is 4.79 Å². The summed E-state index contributed by atoms with van der Waals surface area (Å²) >= 11 is 5.93. The van der Waals surface area contributed by atoms with E-state index in [1.165, 1.54) is 0 Å². The third-order valence-electron chi connectivity index (χ3n) is 4.46. The molecule has 2 heterocycles. The first-order valence-electron chi connectivity index (χ1n) is 9.01. The molecule has 1 amide bonds. The van der Waals surface area contributed by atoms with Gasteiger partial charge in [-0.15, -0.1) is 0 Å². The lowest BCUT2D eigenvalue weighted by Crippen LogP contribution is -2.42. The van der Waals surface area contributed by atoms with E-state index in [9.17, 15) is 18.0 Å². The number of hydrogen-bond acceptors (Lipinski definition) is 5. The van der Waals surface area contributed by atoms with E-state index in [-0.39, 0.29) is 18.8 Å². The van der Waals surface area contributed by atoms with Gasteiger partial charge in [0.05, 0.1) is 13.2 Å². The van der Waals surface area contributed by atoms with Crippen LogP contribution in [-0.4, -0.2) is 54.5 Å². The second-order valence-electron chi connectivity index (χ2n) is 6.53. The number of benzene rings is 2. The number of nitrogens with zero attached hydrogens (tertiary/aromatic N) is 1. The van der Waals surface area contributed by atoms with Crippen LogP contribution in [0.1, 0.15) is 22.0 Å². The van der Waals surface area contributed by atoms with Crippen LogP contribution in [0.4, 0.5) is 13.2 Å². The molecule has 2 aromatic rings. The smallest absolute Gasteiger partial charge is 0.475 e. The van der Waals surface area contributed by atoms with Gasteiger partial charge in [-0.05, 0) is 35.9 Å². The van der Waals surface area contributed by atoms with Gasteiger partial charge in [0, 0.05) is 17.1 Å². The van der Waals surface area contributed by atoms with Gasteiger partial charge in [0.15, 0.2) is 11.5 Å². The molecule has 0 radical (unpaired) electrons. The van der Waals surface area contributed by atoms with Crippen LogP contribution >= 0.6 is 11.6 Å². The SMILES string of the molecule is O=C(O)C(F)(F)F.O=C(c1ccc2c(c1)OCO2)N1CCOC(c2ccc(Cl)cc2)C1. The molecule has 2 aliphatic rings. The fourth-order valence-electron chi connectivity index (χ4n) is 2.92. The van der Waals surface area contributed by atoms with Crippen molar-refractivity contribution >= 4 is 23.5 Å². The molecule has 7 nitrogen and oxygen atoms in total. The zero-order valence-electron chi connectivity index (χ0n) is 15.9. The van der Waals surface area contributed by atoms with E-state index >= 15 is 0 Å². The fraction of sp³-hybridized carbons (Fsp3) is 0.300. The van der Waals surface area contributed by atoms with Crippen LogP contribution in [-0.2, 0) is 9.53 Å². The van der Waals surface area contributed by atoms with Crippen LogP contribution in [0, 0.1) is 0 Å². The number of fused-ring (bicyclic) bond motifs is 1. The molecule has 0 saturated carbocycles. The molecular weight excluding hydrogens is 443 g/mol. The number of morpholine rings is 1. The summed E-state index contributed by atoms with van der Waals surface area (Å²) in [4.78, 5) is 23.5. The molecule has 1 atom stereocenters. The van der Waals surface area contributed by atoms with E-state index in [4.69, 9.17) is 35.7 Å². The van der Waals surface area contributed by atoms with Crippen LogP contribution in [0.5, 0.6) is 11.5 Å². The summed E-state index contributed by atoms with van der Waals surface area (Å²) in [6, 6.07) is 12.8. The van der Waals surface area contributed by atoms with E-state index < -0.39 is 12.1 Å². The van der Waals surface area contributed by atoms with Crippen molar-refractivity contribution < 1.29 is 42.1 Å². The minimum Gasteiger partial charge on any atom is -0.475 e. The summed E-state index contributed by atoms with van der Waals surface area (Å²) < 4.78 is 48.2. The predicted octanol–water partition coefficient (Wildman–Crippen LogP) is 3.92. The minimum atomic E-state index is -5.08. The first kappa shape index (κ1) is 22.7. The topological polar surface area (TPSA) is 85.3 Å². The molecule has 4 rings (SSSR count). The average Bonchev–Trinajstić information content (AvgIpc) is 3.21. The van der Waals surface area contributed by atoms with Gasteiger partial charge in [0.1, 0.15) is 6.10 Å². The quantitative estimate of drug-likeness (QED) is 0.733. The molecule has 0 aromatic heterocycles. The van der Waals surface area contributed by atoms with Gasteiger partial charge >= 0.3 is 12.1 Å². The molecule has 2 aliphatic heterocycles. The second-order valence-corrected chi connectivity index (χ2v) is 6.97. The Labute approximate surface area is 179 Å². The zero-order chi connectivity index (χ0) is 22.6. The highest BCUT2D eigenvalue weighted by Crippen LogP contribution is 2.33. The van der Waals surface area contributed by atoms with E-state index in [1.54, 1.807) is 23.1 Å². The van der Waals surface area contributed by atoms with Crippen LogP contribution in [0.25, 0.3) is 0 Å². The molecule has 11 heteroatoms. The van der Waals surface area contributed by atoms with Crippen molar-refractivity contribution in [2.45, 2.75) is 12.3 Å². The maximum Gasteiger partial charge on any atom is 0.490 e. The monoisotopic (exact) mass is 459 g/mol. The van der Waals surface area contributed by atoms with Gasteiger partial charge in [-0.1, -0.05) is 23.7 Å². The molecule has 0 spiro atoms. The number of halogens is 4. The number of amides is 1. The van der Waals surface area contributed by atoms with Crippen LogP contribution in [0.3, 0.4) is 0 Å². The van der Waals surface area contributed by atoms with Crippen LogP contribution < -0.4 is 9.47 Å². The van der Waals surface area contributed by atoms with E-state index in [2.05, 4.69) is 0 Å². The third-order valence-corrected chi connectivity index (χ3v) is 4.71. The van der Waals surface area contributed by atoms with Crippen molar-refractivity contribution in [2.24, 2.45) is 0 Å². The number of rotatable bonds is 2. The summed E-state index contributed by atoms with van der Waals surface area (Å²) in [5.41, 5.74) is 1.61. The molecule has 1 unspecified atom stereocenters. The number of ether oxygens (including phenoxy) is 3. The van der Waals surface area contributed by atoms with Crippen molar-refractivity contribution in [1.29, 1.82) is 0 Å². The number of aliphatic carboxylic acids is 1. The first-order valence-corrected chi connectivity index (χ1v) is 9.39. The molecular formula is C20H17ClF3NO6. The van der Waals surface area contributed by atoms with Gasteiger partial charge in [0.25, 0.3) is 5.91 Å². The lowest BCUT2D eigenvalue weighted by Gasteiger charge is -2.33. The van der Waals surface area contributed by atoms with Crippen molar-refractivity contribution in [1.82, 2.24) is 4.90 Å². The van der Waals surface area contributed by atoms with Gasteiger partial charge < -0.3 is 24.2 Å². The maximum atomic E-state index is 12.8. The molecule has 31 heavy (non-hydrogen) atoms. The first-order chi connectivity index (χ1) is 14.6.